The normalized spacial score (nSPS) is 9.81. The summed E-state index contributed by atoms with van der Waals surface area (Å²) in [4.78, 5) is 3.96. The summed E-state index contributed by atoms with van der Waals surface area (Å²) in [6, 6.07) is 6.05. The van der Waals surface area contributed by atoms with E-state index in [0.717, 1.165) is 16.5 Å². The minimum absolute atomic E-state index is 0. The lowest BCUT2D eigenvalue weighted by Crippen LogP contribution is -2.22. The van der Waals surface area contributed by atoms with Gasteiger partial charge in [-0.2, -0.15) is 5.10 Å². The van der Waals surface area contributed by atoms with E-state index in [9.17, 15) is 0 Å². The van der Waals surface area contributed by atoms with Crippen molar-refractivity contribution >= 4 is 33.8 Å². The molecule has 6 heteroatoms. The van der Waals surface area contributed by atoms with Crippen molar-refractivity contribution in [3.63, 3.8) is 0 Å². The van der Waals surface area contributed by atoms with Crippen molar-refractivity contribution in [1.29, 1.82) is 0 Å². The molecule has 4 N–H and O–H groups in total. The number of aryl methyl sites for hydroxylation is 1. The molecule has 5 nitrogen and oxygen atoms in total. The number of hydrogen-bond donors (Lipinski definition) is 2. The molecular formula is C10H14BrN5. The maximum absolute atomic E-state index is 5.27. The Morgan fingerprint density at radius 1 is 1.44 bits per heavy atom. The standard InChI is InChI=1S/C10H13N5.BrH/c1-15-9-4-7(5-13-10(11)12)2-3-8(9)6-14-15;/h2-4,6H,5H2,1H3,(H4,11,12,13);1H. The van der Waals surface area contributed by atoms with Gasteiger partial charge in [0.2, 0.25) is 0 Å². The second kappa shape index (κ2) is 4.98. The zero-order valence-electron chi connectivity index (χ0n) is 8.92. The van der Waals surface area contributed by atoms with E-state index in [4.69, 9.17) is 11.5 Å². The van der Waals surface area contributed by atoms with Crippen LogP contribution in [0.25, 0.3) is 10.9 Å². The van der Waals surface area contributed by atoms with E-state index in [0.29, 0.717) is 6.54 Å². The smallest absolute Gasteiger partial charge is 0.186 e. The zero-order valence-corrected chi connectivity index (χ0v) is 10.6. The molecule has 0 aliphatic rings. The highest BCUT2D eigenvalue weighted by atomic mass is 79.9. The number of halogens is 1. The Labute approximate surface area is 104 Å². The Bertz CT molecular complexity index is 513. The van der Waals surface area contributed by atoms with Gasteiger partial charge in [0.15, 0.2) is 5.96 Å². The molecule has 0 radical (unpaired) electrons. The van der Waals surface area contributed by atoms with Crippen molar-refractivity contribution in [2.75, 3.05) is 0 Å². The van der Waals surface area contributed by atoms with Gasteiger partial charge in [-0.05, 0) is 11.6 Å². The Morgan fingerprint density at radius 2 is 2.19 bits per heavy atom. The summed E-state index contributed by atoms with van der Waals surface area (Å²) in [6.07, 6.45) is 1.83. The Kier molecular flexibility index (Phi) is 3.89. The second-order valence-corrected chi connectivity index (χ2v) is 3.40. The number of guanidine groups is 1. The molecule has 86 valence electrons. The molecule has 0 saturated carbocycles. The maximum atomic E-state index is 5.27. The monoisotopic (exact) mass is 283 g/mol. The summed E-state index contributed by atoms with van der Waals surface area (Å²) in [5.74, 6) is 0.111. The first-order valence-corrected chi connectivity index (χ1v) is 4.63. The van der Waals surface area contributed by atoms with Crippen molar-refractivity contribution in [2.45, 2.75) is 6.54 Å². The molecule has 0 atom stereocenters. The van der Waals surface area contributed by atoms with Crippen LogP contribution >= 0.6 is 17.0 Å². The summed E-state index contributed by atoms with van der Waals surface area (Å²) in [6.45, 7) is 0.503. The van der Waals surface area contributed by atoms with Crippen molar-refractivity contribution in [1.82, 2.24) is 9.78 Å². The van der Waals surface area contributed by atoms with Crippen LogP contribution in [0.4, 0.5) is 0 Å². The Hall–Kier alpha value is -1.56. The van der Waals surface area contributed by atoms with Crippen LogP contribution in [0, 0.1) is 0 Å². The molecule has 0 amide bonds. The molecule has 1 heterocycles. The van der Waals surface area contributed by atoms with E-state index < -0.39 is 0 Å². The zero-order chi connectivity index (χ0) is 10.8. The Morgan fingerprint density at radius 3 is 2.88 bits per heavy atom. The highest BCUT2D eigenvalue weighted by molar-refractivity contribution is 8.93. The van der Waals surface area contributed by atoms with Crippen LogP contribution in [0.1, 0.15) is 5.56 Å². The molecule has 2 rings (SSSR count). The summed E-state index contributed by atoms with van der Waals surface area (Å²) in [5, 5.41) is 5.28. The first-order chi connectivity index (χ1) is 7.16. The fourth-order valence-electron chi connectivity index (χ4n) is 1.47. The minimum Gasteiger partial charge on any atom is -0.370 e. The van der Waals surface area contributed by atoms with Crippen LogP contribution in [0.3, 0.4) is 0 Å². The van der Waals surface area contributed by atoms with E-state index in [-0.39, 0.29) is 22.9 Å². The molecule has 1 aromatic heterocycles. The molecule has 0 aliphatic heterocycles. The largest absolute Gasteiger partial charge is 0.370 e. The molecule has 0 aliphatic carbocycles. The van der Waals surface area contributed by atoms with E-state index in [1.165, 1.54) is 0 Å². The fraction of sp³-hybridized carbons (Fsp3) is 0.200. The quantitative estimate of drug-likeness (QED) is 0.635. The van der Waals surface area contributed by atoms with Gasteiger partial charge in [0, 0.05) is 12.4 Å². The molecule has 0 saturated heterocycles. The topological polar surface area (TPSA) is 82.2 Å². The molecular weight excluding hydrogens is 270 g/mol. The van der Waals surface area contributed by atoms with E-state index in [2.05, 4.69) is 10.1 Å². The van der Waals surface area contributed by atoms with Gasteiger partial charge in [0.1, 0.15) is 0 Å². The lowest BCUT2D eigenvalue weighted by atomic mass is 10.2. The number of aromatic nitrogens is 2. The third-order valence-corrected chi connectivity index (χ3v) is 2.26. The molecule has 16 heavy (non-hydrogen) atoms. The van der Waals surface area contributed by atoms with Gasteiger partial charge in [-0.15, -0.1) is 17.0 Å². The number of nitrogens with zero attached hydrogens (tertiary/aromatic N) is 3. The highest BCUT2D eigenvalue weighted by Crippen LogP contribution is 2.15. The first-order valence-electron chi connectivity index (χ1n) is 4.63. The van der Waals surface area contributed by atoms with Gasteiger partial charge >= 0.3 is 0 Å². The van der Waals surface area contributed by atoms with Crippen molar-refractivity contribution in [3.8, 4) is 0 Å². The van der Waals surface area contributed by atoms with Gasteiger partial charge in [0.05, 0.1) is 18.3 Å². The minimum atomic E-state index is 0. The van der Waals surface area contributed by atoms with E-state index >= 15 is 0 Å². The van der Waals surface area contributed by atoms with E-state index in [1.807, 2.05) is 36.1 Å². The van der Waals surface area contributed by atoms with Crippen LogP contribution in [0.5, 0.6) is 0 Å². The number of nitrogens with two attached hydrogens (primary N) is 2. The van der Waals surface area contributed by atoms with Gasteiger partial charge < -0.3 is 11.5 Å². The average Bonchev–Trinajstić information content (AvgIpc) is 2.57. The molecule has 2 aromatic rings. The first kappa shape index (κ1) is 12.5. The lowest BCUT2D eigenvalue weighted by molar-refractivity contribution is 0.796. The van der Waals surface area contributed by atoms with Gasteiger partial charge in [0.25, 0.3) is 0 Å². The van der Waals surface area contributed by atoms with Gasteiger partial charge in [-0.1, -0.05) is 12.1 Å². The predicted molar refractivity (Wildman–Crippen MR) is 70.5 cm³/mol. The number of hydrogen-bond acceptors (Lipinski definition) is 2. The SMILES string of the molecule is Br.Cn1ncc2ccc(CN=C(N)N)cc21. The maximum Gasteiger partial charge on any atom is 0.186 e. The molecule has 1 aromatic carbocycles. The molecule has 0 unspecified atom stereocenters. The van der Waals surface area contributed by atoms with Gasteiger partial charge in [-0.3, -0.25) is 4.68 Å². The third kappa shape index (κ3) is 2.52. The summed E-state index contributed by atoms with van der Waals surface area (Å²) < 4.78 is 1.83. The van der Waals surface area contributed by atoms with Crippen LogP contribution in [0.15, 0.2) is 29.4 Å². The molecule has 0 bridgehead atoms. The summed E-state index contributed by atoms with van der Waals surface area (Å²) in [5.41, 5.74) is 12.7. The average molecular weight is 284 g/mol. The molecule has 0 spiro atoms. The number of rotatable bonds is 2. The number of aliphatic imine (C=N–C) groups is 1. The number of fused-ring (bicyclic) bond motifs is 1. The van der Waals surface area contributed by atoms with Crippen molar-refractivity contribution in [2.24, 2.45) is 23.5 Å². The predicted octanol–water partition coefficient (Wildman–Crippen LogP) is 0.925. The Balaban J connectivity index is 0.00000128. The number of benzene rings is 1. The highest BCUT2D eigenvalue weighted by Gasteiger charge is 2.00. The fourth-order valence-corrected chi connectivity index (χ4v) is 1.47. The van der Waals surface area contributed by atoms with Crippen LogP contribution in [0.2, 0.25) is 0 Å². The third-order valence-electron chi connectivity index (χ3n) is 2.26. The lowest BCUT2D eigenvalue weighted by Gasteiger charge is -1.99. The second-order valence-electron chi connectivity index (χ2n) is 3.40. The van der Waals surface area contributed by atoms with Gasteiger partial charge in [-0.25, -0.2) is 4.99 Å². The van der Waals surface area contributed by atoms with E-state index in [1.54, 1.807) is 0 Å². The van der Waals surface area contributed by atoms with Crippen molar-refractivity contribution in [3.05, 3.63) is 30.0 Å². The summed E-state index contributed by atoms with van der Waals surface area (Å²) in [7, 11) is 1.91. The van der Waals surface area contributed by atoms with Crippen LogP contribution in [-0.4, -0.2) is 15.7 Å². The van der Waals surface area contributed by atoms with Crippen LogP contribution in [-0.2, 0) is 13.6 Å². The molecule has 0 fully saturated rings. The van der Waals surface area contributed by atoms with Crippen molar-refractivity contribution < 1.29 is 0 Å². The summed E-state index contributed by atoms with van der Waals surface area (Å²) >= 11 is 0. The van der Waals surface area contributed by atoms with Crippen LogP contribution < -0.4 is 11.5 Å².